The molecule has 4 heteroatoms. The minimum absolute atomic E-state index is 0.0346. The molecule has 1 aliphatic carbocycles. The summed E-state index contributed by atoms with van der Waals surface area (Å²) in [5, 5.41) is 0. The maximum Gasteiger partial charge on any atom is 0.325 e. The highest BCUT2D eigenvalue weighted by molar-refractivity contribution is 5.96. The Balaban J connectivity index is 2.23. The first-order chi connectivity index (χ1) is 10.0. The van der Waals surface area contributed by atoms with Gasteiger partial charge in [0.25, 0.3) is 5.91 Å². The smallest absolute Gasteiger partial charge is 0.325 e. The van der Waals surface area contributed by atoms with Crippen molar-refractivity contribution < 1.29 is 14.3 Å². The topological polar surface area (TPSA) is 46.6 Å². The molecule has 0 aliphatic heterocycles. The highest BCUT2D eigenvalue weighted by Crippen LogP contribution is 2.25. The molecule has 1 aliphatic rings. The number of rotatable bonds is 4. The Hall–Kier alpha value is -1.84. The molecule has 0 radical (unpaired) electrons. The second-order valence-corrected chi connectivity index (χ2v) is 5.75. The van der Waals surface area contributed by atoms with Crippen LogP contribution in [0, 0.1) is 13.8 Å². The van der Waals surface area contributed by atoms with Gasteiger partial charge in [0.1, 0.15) is 6.54 Å². The molecule has 1 fully saturated rings. The average molecular weight is 289 g/mol. The molecular weight excluding hydrogens is 266 g/mol. The zero-order valence-corrected chi connectivity index (χ0v) is 13.0. The van der Waals surface area contributed by atoms with Crippen molar-refractivity contribution in [3.8, 4) is 0 Å². The van der Waals surface area contributed by atoms with Gasteiger partial charge in [-0.2, -0.15) is 0 Å². The number of hydrogen-bond acceptors (Lipinski definition) is 3. The highest BCUT2D eigenvalue weighted by Gasteiger charge is 2.29. The number of carbonyl (C=O) groups excluding carboxylic acids is 2. The minimum atomic E-state index is -0.362. The third-order valence-electron chi connectivity index (χ3n) is 4.31. The van der Waals surface area contributed by atoms with Gasteiger partial charge in [0.05, 0.1) is 7.11 Å². The van der Waals surface area contributed by atoms with Gasteiger partial charge in [-0.05, 0) is 49.9 Å². The molecule has 2 rings (SSSR count). The lowest BCUT2D eigenvalue weighted by Gasteiger charge is -2.28. The monoisotopic (exact) mass is 289 g/mol. The van der Waals surface area contributed by atoms with Crippen LogP contribution in [0.5, 0.6) is 0 Å². The lowest BCUT2D eigenvalue weighted by Crippen LogP contribution is -2.42. The van der Waals surface area contributed by atoms with Crippen LogP contribution in [0.3, 0.4) is 0 Å². The fourth-order valence-corrected chi connectivity index (χ4v) is 2.83. The van der Waals surface area contributed by atoms with E-state index in [0.29, 0.717) is 5.56 Å². The molecule has 0 unspecified atom stereocenters. The number of esters is 1. The number of carbonyl (C=O) groups is 2. The van der Waals surface area contributed by atoms with Crippen LogP contribution in [0.25, 0.3) is 0 Å². The van der Waals surface area contributed by atoms with Crippen molar-refractivity contribution >= 4 is 11.9 Å². The van der Waals surface area contributed by atoms with Crippen LogP contribution in [0.2, 0.25) is 0 Å². The molecule has 0 heterocycles. The summed E-state index contributed by atoms with van der Waals surface area (Å²) in [6.07, 6.45) is 4.16. The van der Waals surface area contributed by atoms with Gasteiger partial charge in [-0.1, -0.05) is 18.9 Å². The largest absolute Gasteiger partial charge is 0.468 e. The molecule has 21 heavy (non-hydrogen) atoms. The summed E-state index contributed by atoms with van der Waals surface area (Å²) >= 11 is 0. The summed E-state index contributed by atoms with van der Waals surface area (Å²) < 4.78 is 4.74. The normalized spacial score (nSPS) is 15.0. The lowest BCUT2D eigenvalue weighted by molar-refractivity contribution is -0.141. The van der Waals surface area contributed by atoms with Crippen molar-refractivity contribution in [3.05, 3.63) is 34.9 Å². The predicted octanol–water partition coefficient (Wildman–Crippen LogP) is 2.86. The second-order valence-electron chi connectivity index (χ2n) is 5.75. The molecule has 114 valence electrons. The van der Waals surface area contributed by atoms with E-state index in [9.17, 15) is 9.59 Å². The Morgan fingerprint density at radius 2 is 1.86 bits per heavy atom. The van der Waals surface area contributed by atoms with Crippen LogP contribution in [0.4, 0.5) is 0 Å². The molecule has 0 atom stereocenters. The maximum atomic E-state index is 12.8. The fourth-order valence-electron chi connectivity index (χ4n) is 2.83. The van der Waals surface area contributed by atoms with Crippen LogP contribution in [0.1, 0.15) is 47.2 Å². The van der Waals surface area contributed by atoms with Crippen molar-refractivity contribution in [1.29, 1.82) is 0 Å². The SMILES string of the molecule is COC(=O)CN(C(=O)c1ccc(C)c(C)c1)C1CCCC1. The van der Waals surface area contributed by atoms with E-state index in [0.717, 1.165) is 36.8 Å². The Labute approximate surface area is 126 Å². The van der Waals surface area contributed by atoms with Crippen LogP contribution in [0.15, 0.2) is 18.2 Å². The molecule has 0 spiro atoms. The molecule has 1 aromatic rings. The number of hydrogen-bond donors (Lipinski definition) is 0. The van der Waals surface area contributed by atoms with Gasteiger partial charge in [-0.15, -0.1) is 0 Å². The van der Waals surface area contributed by atoms with E-state index in [-0.39, 0.29) is 24.5 Å². The maximum absolute atomic E-state index is 12.8. The number of methoxy groups -OCH3 is 1. The van der Waals surface area contributed by atoms with Crippen molar-refractivity contribution in [2.75, 3.05) is 13.7 Å². The molecule has 0 bridgehead atoms. The fraction of sp³-hybridized carbons (Fsp3) is 0.529. The molecule has 0 N–H and O–H groups in total. The first kappa shape index (κ1) is 15.5. The summed E-state index contributed by atoms with van der Waals surface area (Å²) in [5.74, 6) is -0.436. The van der Waals surface area contributed by atoms with E-state index in [2.05, 4.69) is 0 Å². The highest BCUT2D eigenvalue weighted by atomic mass is 16.5. The standard InChI is InChI=1S/C17H23NO3/c1-12-8-9-14(10-13(12)2)17(20)18(11-16(19)21-3)15-6-4-5-7-15/h8-10,15H,4-7,11H2,1-3H3. The van der Waals surface area contributed by atoms with E-state index in [4.69, 9.17) is 4.74 Å². The summed E-state index contributed by atoms with van der Waals surface area (Å²) in [6.45, 7) is 4.05. The Bertz CT molecular complexity index is 533. The molecule has 0 saturated heterocycles. The second kappa shape index (κ2) is 6.74. The minimum Gasteiger partial charge on any atom is -0.468 e. The van der Waals surface area contributed by atoms with Gasteiger partial charge in [-0.3, -0.25) is 9.59 Å². The van der Waals surface area contributed by atoms with Gasteiger partial charge < -0.3 is 9.64 Å². The third kappa shape index (κ3) is 3.63. The van der Waals surface area contributed by atoms with Crippen molar-refractivity contribution in [1.82, 2.24) is 4.90 Å². The zero-order valence-electron chi connectivity index (χ0n) is 13.0. The van der Waals surface area contributed by atoms with E-state index in [1.807, 2.05) is 32.0 Å². The number of ether oxygens (including phenoxy) is 1. The van der Waals surface area contributed by atoms with E-state index < -0.39 is 0 Å². The number of nitrogens with zero attached hydrogens (tertiary/aromatic N) is 1. The molecule has 1 saturated carbocycles. The van der Waals surface area contributed by atoms with Crippen molar-refractivity contribution in [2.24, 2.45) is 0 Å². The molecule has 1 amide bonds. The summed E-state index contributed by atoms with van der Waals surface area (Å²) in [7, 11) is 1.36. The Kier molecular flexibility index (Phi) is 4.99. The average Bonchev–Trinajstić information content (AvgIpc) is 3.00. The Morgan fingerprint density at radius 1 is 1.19 bits per heavy atom. The van der Waals surface area contributed by atoms with E-state index >= 15 is 0 Å². The van der Waals surface area contributed by atoms with Gasteiger partial charge >= 0.3 is 5.97 Å². The van der Waals surface area contributed by atoms with Gasteiger partial charge in [-0.25, -0.2) is 0 Å². The summed E-state index contributed by atoms with van der Waals surface area (Å²) in [4.78, 5) is 26.1. The van der Waals surface area contributed by atoms with E-state index in [1.54, 1.807) is 4.90 Å². The summed E-state index contributed by atoms with van der Waals surface area (Å²) in [6, 6.07) is 5.84. The number of aryl methyl sites for hydroxylation is 2. The van der Waals surface area contributed by atoms with Crippen molar-refractivity contribution in [3.63, 3.8) is 0 Å². The van der Waals surface area contributed by atoms with Crippen molar-refractivity contribution in [2.45, 2.75) is 45.6 Å². The van der Waals surface area contributed by atoms with Crippen LogP contribution >= 0.6 is 0 Å². The number of amides is 1. The van der Waals surface area contributed by atoms with Crippen LogP contribution in [-0.4, -0.2) is 36.5 Å². The van der Waals surface area contributed by atoms with Crippen LogP contribution in [-0.2, 0) is 9.53 Å². The van der Waals surface area contributed by atoms with Crippen LogP contribution < -0.4 is 0 Å². The van der Waals surface area contributed by atoms with Gasteiger partial charge in [0.2, 0.25) is 0 Å². The molecular formula is C17H23NO3. The lowest BCUT2D eigenvalue weighted by atomic mass is 10.0. The predicted molar refractivity (Wildman–Crippen MR) is 81.2 cm³/mol. The molecule has 4 nitrogen and oxygen atoms in total. The van der Waals surface area contributed by atoms with Gasteiger partial charge in [0, 0.05) is 11.6 Å². The summed E-state index contributed by atoms with van der Waals surface area (Å²) in [5.41, 5.74) is 2.89. The quantitative estimate of drug-likeness (QED) is 0.801. The number of benzene rings is 1. The first-order valence-corrected chi connectivity index (χ1v) is 7.48. The molecule has 1 aromatic carbocycles. The zero-order chi connectivity index (χ0) is 15.4. The first-order valence-electron chi connectivity index (χ1n) is 7.48. The molecule has 0 aromatic heterocycles. The van der Waals surface area contributed by atoms with Gasteiger partial charge in [0.15, 0.2) is 0 Å². The third-order valence-corrected chi connectivity index (χ3v) is 4.31. The van der Waals surface area contributed by atoms with E-state index in [1.165, 1.54) is 7.11 Å². The Morgan fingerprint density at radius 3 is 2.43 bits per heavy atom.